The summed E-state index contributed by atoms with van der Waals surface area (Å²) < 4.78 is 1.82. The van der Waals surface area contributed by atoms with Gasteiger partial charge in [-0.25, -0.2) is 0 Å². The average Bonchev–Trinajstić information content (AvgIpc) is 3.19. The van der Waals surface area contributed by atoms with Gasteiger partial charge in [0, 0.05) is 12.7 Å². The molecular formula is C17H16N6S. The predicted octanol–water partition coefficient (Wildman–Crippen LogP) is 2.88. The molecule has 0 bridgehead atoms. The minimum atomic E-state index is 0.682. The van der Waals surface area contributed by atoms with E-state index in [0.717, 1.165) is 28.0 Å². The molecule has 1 aromatic carbocycles. The van der Waals surface area contributed by atoms with Crippen molar-refractivity contribution in [2.24, 2.45) is 0 Å². The van der Waals surface area contributed by atoms with Gasteiger partial charge in [0.2, 0.25) is 4.96 Å². The van der Waals surface area contributed by atoms with Crippen LogP contribution in [0.2, 0.25) is 0 Å². The molecule has 0 aliphatic carbocycles. The fraction of sp³-hybridized carbons (Fsp3) is 0.176. The molecule has 0 aliphatic rings. The van der Waals surface area contributed by atoms with Gasteiger partial charge < -0.3 is 0 Å². The number of aromatic nitrogens is 5. The maximum atomic E-state index is 4.62. The molecule has 3 heterocycles. The van der Waals surface area contributed by atoms with Crippen molar-refractivity contribution < 1.29 is 0 Å². The minimum absolute atomic E-state index is 0.682. The second kappa shape index (κ2) is 6.46. The van der Waals surface area contributed by atoms with E-state index < -0.39 is 0 Å². The molecule has 0 aliphatic heterocycles. The van der Waals surface area contributed by atoms with Crippen LogP contribution in [0.5, 0.6) is 0 Å². The zero-order valence-electron chi connectivity index (χ0n) is 13.2. The highest BCUT2D eigenvalue weighted by Crippen LogP contribution is 2.23. The van der Waals surface area contributed by atoms with Crippen molar-refractivity contribution in [1.82, 2.24) is 29.7 Å². The highest BCUT2D eigenvalue weighted by molar-refractivity contribution is 7.19. The van der Waals surface area contributed by atoms with Crippen LogP contribution >= 0.6 is 11.3 Å². The normalized spacial score (nSPS) is 11.4. The Hall–Kier alpha value is -2.64. The maximum Gasteiger partial charge on any atom is 0.235 e. The minimum Gasteiger partial charge on any atom is -0.295 e. The number of fused-ring (bicyclic) bond motifs is 1. The van der Waals surface area contributed by atoms with Crippen molar-refractivity contribution in [3.63, 3.8) is 0 Å². The first-order valence-electron chi connectivity index (χ1n) is 7.64. The third-order valence-corrected chi connectivity index (χ3v) is 4.57. The standard InChI is InChI=1S/C17H16N6S/c1-22(11-13-7-3-2-4-8-13)12-15-19-20-17-23(15)21-16(24-17)14-9-5-6-10-18-14/h2-10H,11-12H2,1H3. The Kier molecular flexibility index (Phi) is 4.02. The lowest BCUT2D eigenvalue weighted by Gasteiger charge is -2.14. The molecule has 24 heavy (non-hydrogen) atoms. The fourth-order valence-electron chi connectivity index (χ4n) is 2.54. The predicted molar refractivity (Wildman–Crippen MR) is 93.5 cm³/mol. The Morgan fingerprint density at radius 1 is 1.00 bits per heavy atom. The summed E-state index contributed by atoms with van der Waals surface area (Å²) in [5.41, 5.74) is 2.13. The zero-order valence-corrected chi connectivity index (χ0v) is 14.0. The molecule has 0 saturated carbocycles. The molecule has 0 saturated heterocycles. The first-order valence-corrected chi connectivity index (χ1v) is 8.46. The molecule has 4 rings (SSSR count). The van der Waals surface area contributed by atoms with E-state index in [-0.39, 0.29) is 0 Å². The molecule has 0 spiro atoms. The lowest BCUT2D eigenvalue weighted by atomic mass is 10.2. The van der Waals surface area contributed by atoms with Gasteiger partial charge in [-0.05, 0) is 24.7 Å². The Morgan fingerprint density at radius 2 is 1.83 bits per heavy atom. The van der Waals surface area contributed by atoms with Gasteiger partial charge in [-0.15, -0.1) is 10.2 Å². The summed E-state index contributed by atoms with van der Waals surface area (Å²) >= 11 is 1.50. The first-order chi connectivity index (χ1) is 11.8. The second-order valence-corrected chi connectivity index (χ2v) is 6.55. The van der Waals surface area contributed by atoms with E-state index in [9.17, 15) is 0 Å². The van der Waals surface area contributed by atoms with Crippen LogP contribution < -0.4 is 0 Å². The van der Waals surface area contributed by atoms with E-state index in [0.29, 0.717) is 6.54 Å². The zero-order chi connectivity index (χ0) is 16.4. The molecule has 0 unspecified atom stereocenters. The summed E-state index contributed by atoms with van der Waals surface area (Å²) in [5, 5.41) is 14.0. The van der Waals surface area contributed by atoms with Crippen LogP contribution in [0.15, 0.2) is 54.7 Å². The Morgan fingerprint density at radius 3 is 2.62 bits per heavy atom. The molecule has 6 nitrogen and oxygen atoms in total. The third kappa shape index (κ3) is 3.04. The van der Waals surface area contributed by atoms with Crippen LogP contribution in [-0.2, 0) is 13.1 Å². The molecule has 4 aromatic rings. The van der Waals surface area contributed by atoms with E-state index >= 15 is 0 Å². The monoisotopic (exact) mass is 336 g/mol. The topological polar surface area (TPSA) is 59.2 Å². The summed E-state index contributed by atoms with van der Waals surface area (Å²) in [6.07, 6.45) is 1.77. The van der Waals surface area contributed by atoms with Gasteiger partial charge in [-0.1, -0.05) is 47.7 Å². The van der Waals surface area contributed by atoms with Crippen molar-refractivity contribution in [1.29, 1.82) is 0 Å². The van der Waals surface area contributed by atoms with Gasteiger partial charge in [0.15, 0.2) is 10.8 Å². The molecule has 120 valence electrons. The van der Waals surface area contributed by atoms with Crippen molar-refractivity contribution in [2.45, 2.75) is 13.1 Å². The fourth-order valence-corrected chi connectivity index (χ4v) is 3.38. The van der Waals surface area contributed by atoms with Crippen LogP contribution in [0.3, 0.4) is 0 Å². The van der Waals surface area contributed by atoms with Crippen LogP contribution in [0.1, 0.15) is 11.4 Å². The quantitative estimate of drug-likeness (QED) is 0.561. The highest BCUT2D eigenvalue weighted by atomic mass is 32.1. The number of rotatable bonds is 5. The van der Waals surface area contributed by atoms with Gasteiger partial charge in [0.25, 0.3) is 0 Å². The maximum absolute atomic E-state index is 4.62. The Bertz CT molecular complexity index is 932. The summed E-state index contributed by atoms with van der Waals surface area (Å²) in [6.45, 7) is 1.54. The number of nitrogens with zero attached hydrogens (tertiary/aromatic N) is 6. The third-order valence-electron chi connectivity index (χ3n) is 3.65. The smallest absolute Gasteiger partial charge is 0.235 e. The van der Waals surface area contributed by atoms with Crippen LogP contribution in [0.25, 0.3) is 15.7 Å². The number of hydrogen-bond donors (Lipinski definition) is 0. The van der Waals surface area contributed by atoms with Gasteiger partial charge in [0.1, 0.15) is 5.69 Å². The van der Waals surface area contributed by atoms with Crippen LogP contribution in [0, 0.1) is 0 Å². The van der Waals surface area contributed by atoms with Crippen molar-refractivity contribution in [3.8, 4) is 10.7 Å². The molecule has 0 atom stereocenters. The first kappa shape index (κ1) is 14.9. The SMILES string of the molecule is CN(Cc1ccccc1)Cc1nnc2sc(-c3ccccn3)nn12. The van der Waals surface area contributed by atoms with E-state index in [1.165, 1.54) is 16.9 Å². The van der Waals surface area contributed by atoms with E-state index in [2.05, 4.69) is 56.5 Å². The number of benzene rings is 1. The largest absolute Gasteiger partial charge is 0.295 e. The van der Waals surface area contributed by atoms with Crippen molar-refractivity contribution >= 4 is 16.3 Å². The highest BCUT2D eigenvalue weighted by Gasteiger charge is 2.14. The van der Waals surface area contributed by atoms with Crippen LogP contribution in [0.4, 0.5) is 0 Å². The number of pyridine rings is 1. The van der Waals surface area contributed by atoms with Crippen LogP contribution in [-0.4, -0.2) is 36.7 Å². The Balaban J connectivity index is 1.55. The molecule has 0 N–H and O–H groups in total. The van der Waals surface area contributed by atoms with Crippen molar-refractivity contribution in [3.05, 3.63) is 66.1 Å². The van der Waals surface area contributed by atoms with Gasteiger partial charge in [-0.3, -0.25) is 9.88 Å². The summed E-state index contributed by atoms with van der Waals surface area (Å²) in [6, 6.07) is 16.2. The molecular weight excluding hydrogens is 320 g/mol. The summed E-state index contributed by atoms with van der Waals surface area (Å²) in [5.74, 6) is 0.835. The molecule has 0 fully saturated rings. The van der Waals surface area contributed by atoms with Crippen molar-refractivity contribution in [2.75, 3.05) is 7.05 Å². The lowest BCUT2D eigenvalue weighted by molar-refractivity contribution is 0.308. The van der Waals surface area contributed by atoms with Gasteiger partial charge in [-0.2, -0.15) is 9.61 Å². The van der Waals surface area contributed by atoms with E-state index in [1.807, 2.05) is 28.8 Å². The molecule has 3 aromatic heterocycles. The lowest BCUT2D eigenvalue weighted by Crippen LogP contribution is -2.19. The average molecular weight is 336 g/mol. The molecule has 0 radical (unpaired) electrons. The molecule has 0 amide bonds. The second-order valence-electron chi connectivity index (χ2n) is 5.59. The summed E-state index contributed by atoms with van der Waals surface area (Å²) in [7, 11) is 2.07. The Labute approximate surface area is 143 Å². The molecule has 7 heteroatoms. The summed E-state index contributed by atoms with van der Waals surface area (Å²) in [4.78, 5) is 7.34. The van der Waals surface area contributed by atoms with E-state index in [1.54, 1.807) is 6.20 Å². The number of hydrogen-bond acceptors (Lipinski definition) is 6. The van der Waals surface area contributed by atoms with Gasteiger partial charge in [0.05, 0.1) is 6.54 Å². The van der Waals surface area contributed by atoms with Gasteiger partial charge >= 0.3 is 0 Å². The van der Waals surface area contributed by atoms with E-state index in [4.69, 9.17) is 0 Å².